The molecule has 1 saturated heterocycles. The molecular weight excluding hydrogens is 1060 g/mol. The molecule has 1 fully saturated rings. The lowest BCUT2D eigenvalue weighted by Gasteiger charge is -2.35. The minimum Gasteiger partial charge on any atom is -0.494 e. The van der Waals surface area contributed by atoms with Gasteiger partial charge >= 0.3 is 5.97 Å². The minimum atomic E-state index is -1.09. The molecule has 20 heteroatoms. The Hall–Kier alpha value is -7.54. The van der Waals surface area contributed by atoms with Gasteiger partial charge in [-0.2, -0.15) is 0 Å². The molecule has 0 unspecified atom stereocenters. The van der Waals surface area contributed by atoms with Gasteiger partial charge in [-0.15, -0.1) is 22.7 Å². The topological polar surface area (TPSA) is 226 Å². The Bertz CT molecular complexity index is 3360. The van der Waals surface area contributed by atoms with Crippen LogP contribution in [-0.4, -0.2) is 111 Å². The summed E-state index contributed by atoms with van der Waals surface area (Å²) >= 11 is 4.35. The average molecular weight is 1120 g/mol. The van der Waals surface area contributed by atoms with Gasteiger partial charge in [0, 0.05) is 61.6 Å². The van der Waals surface area contributed by atoms with Crippen molar-refractivity contribution < 1.29 is 43.7 Å². The van der Waals surface area contributed by atoms with Crippen molar-refractivity contribution in [3.63, 3.8) is 0 Å². The molecule has 410 valence electrons. The fourth-order valence-electron chi connectivity index (χ4n) is 9.53. The molecule has 3 atom stereocenters. The summed E-state index contributed by atoms with van der Waals surface area (Å²) in [6, 6.07) is 26.8. The Balaban J connectivity index is 0.682. The number of nitrogens with zero attached hydrogens (tertiary/aromatic N) is 5. The maximum atomic E-state index is 14.0. The number of thiazole rings is 3. The maximum absolute atomic E-state index is 14.0. The summed E-state index contributed by atoms with van der Waals surface area (Å²) in [5, 5.41) is 30.6. The van der Waals surface area contributed by atoms with Crippen LogP contribution in [0, 0.1) is 24.2 Å². The maximum Gasteiger partial charge on any atom is 0.355 e. The van der Waals surface area contributed by atoms with Crippen molar-refractivity contribution in [2.45, 2.75) is 97.5 Å². The molecule has 4 amide bonds. The van der Waals surface area contributed by atoms with Gasteiger partial charge in [-0.05, 0) is 103 Å². The first-order chi connectivity index (χ1) is 38.1. The number of aliphatic hydroxyl groups excluding tert-OH is 1. The largest absolute Gasteiger partial charge is 0.494 e. The van der Waals surface area contributed by atoms with E-state index in [1.165, 1.54) is 27.6 Å². The number of hydrogen-bond donors (Lipinski definition) is 5. The molecule has 79 heavy (non-hydrogen) atoms. The zero-order chi connectivity index (χ0) is 55.6. The van der Waals surface area contributed by atoms with Crippen LogP contribution in [0.4, 0.5) is 10.3 Å². The van der Waals surface area contributed by atoms with Gasteiger partial charge in [0.1, 0.15) is 24.4 Å². The fourth-order valence-corrected chi connectivity index (χ4v) is 12.3. The van der Waals surface area contributed by atoms with E-state index >= 15 is 0 Å². The van der Waals surface area contributed by atoms with Crippen LogP contribution >= 0.6 is 34.0 Å². The molecule has 0 spiro atoms. The standard InChI is InChI=1S/C59H62N8O9S3/c1-36-51(77-35-61-36)40-22-18-38(19-23-40)32-60-54(71)46-31-41(68)33-67(46)55(72)52(59(2,3)4)63-49(69)17-10-29-75-28-8-11-37-20-24-42(25-21-37)76-30-9-16-48-50(56(73)74)64-58(79-48)66-27-26-39-12-7-13-43(44(39)34-66)53(70)65-57-62-45-14-5-6-15-47(45)78-57/h5-7,12-15,18-25,35,41,46,52,68H,9-10,16-17,26-34H2,1-4H3,(H,60,71)(H,63,69)(H,73,74)(H,62,65,70)/t41-,46+,52-/m1/s1. The van der Waals surface area contributed by atoms with Crippen molar-refractivity contribution in [3.05, 3.63) is 141 Å². The van der Waals surface area contributed by atoms with Gasteiger partial charge in [0.15, 0.2) is 16.0 Å². The van der Waals surface area contributed by atoms with Gasteiger partial charge in [-0.3, -0.25) is 24.5 Å². The molecule has 5 heterocycles. The number of aliphatic hydroxyl groups is 1. The highest BCUT2D eigenvalue weighted by atomic mass is 32.1. The molecule has 17 nitrogen and oxygen atoms in total. The van der Waals surface area contributed by atoms with Crippen LogP contribution in [0.1, 0.15) is 100 Å². The molecule has 0 radical (unpaired) electrons. The second-order valence-corrected chi connectivity index (χ2v) is 23.5. The number of carbonyl (C=O) groups excluding carboxylic acids is 4. The number of likely N-dealkylation sites (tertiary alicyclic amines) is 1. The molecular formula is C59H62N8O9S3. The molecule has 2 aliphatic rings. The third kappa shape index (κ3) is 14.2. The number of amides is 4. The summed E-state index contributed by atoms with van der Waals surface area (Å²) in [6.45, 7) is 9.58. The van der Waals surface area contributed by atoms with E-state index in [4.69, 9.17) is 9.47 Å². The van der Waals surface area contributed by atoms with Crippen LogP contribution in [0.2, 0.25) is 0 Å². The molecule has 7 aromatic rings. The second-order valence-electron chi connectivity index (χ2n) is 20.5. The number of benzene rings is 4. The van der Waals surface area contributed by atoms with Crippen LogP contribution in [0.25, 0.3) is 20.7 Å². The van der Waals surface area contributed by atoms with Crippen molar-refractivity contribution in [1.82, 2.24) is 30.5 Å². The number of anilines is 2. The first-order valence-corrected chi connectivity index (χ1v) is 28.7. The van der Waals surface area contributed by atoms with Crippen molar-refractivity contribution in [2.24, 2.45) is 5.41 Å². The average Bonchev–Trinajstić information content (AvgIpc) is 4.34. The molecule has 9 rings (SSSR count). The Morgan fingerprint density at radius 3 is 2.47 bits per heavy atom. The number of carboxylic acid groups (broad SMARTS) is 1. The number of hydrogen-bond acceptors (Lipinski definition) is 15. The highest BCUT2D eigenvalue weighted by Crippen LogP contribution is 2.34. The highest BCUT2D eigenvalue weighted by Gasteiger charge is 2.44. The van der Waals surface area contributed by atoms with E-state index in [0.717, 1.165) is 48.6 Å². The number of carboxylic acids is 1. The molecule has 0 aliphatic carbocycles. The predicted octanol–water partition coefficient (Wildman–Crippen LogP) is 8.67. The number of para-hydroxylation sites is 1. The van der Waals surface area contributed by atoms with Gasteiger partial charge in [0.25, 0.3) is 5.91 Å². The van der Waals surface area contributed by atoms with E-state index in [1.54, 1.807) is 11.3 Å². The number of ether oxygens (including phenoxy) is 2. The molecule has 3 aromatic heterocycles. The molecule has 0 saturated carbocycles. The van der Waals surface area contributed by atoms with Crippen molar-refractivity contribution in [3.8, 4) is 28.0 Å². The first kappa shape index (κ1) is 56.2. The second kappa shape index (κ2) is 25.5. The summed E-state index contributed by atoms with van der Waals surface area (Å²) in [7, 11) is 0. The van der Waals surface area contributed by atoms with Gasteiger partial charge in [0.05, 0.1) is 39.0 Å². The summed E-state index contributed by atoms with van der Waals surface area (Å²) in [6.07, 6.45) is 1.44. The molecule has 0 bridgehead atoms. The van der Waals surface area contributed by atoms with Gasteiger partial charge < -0.3 is 40.1 Å². The van der Waals surface area contributed by atoms with Crippen LogP contribution in [-0.2, 0) is 45.1 Å². The predicted molar refractivity (Wildman–Crippen MR) is 307 cm³/mol. The van der Waals surface area contributed by atoms with E-state index in [1.807, 2.05) is 129 Å². The van der Waals surface area contributed by atoms with Crippen LogP contribution in [0.15, 0.2) is 96.5 Å². The highest BCUT2D eigenvalue weighted by molar-refractivity contribution is 7.22. The monoisotopic (exact) mass is 1120 g/mol. The number of aromatic nitrogens is 3. The zero-order valence-electron chi connectivity index (χ0n) is 44.4. The lowest BCUT2D eigenvalue weighted by Crippen LogP contribution is -2.57. The quantitative estimate of drug-likeness (QED) is 0.0356. The summed E-state index contributed by atoms with van der Waals surface area (Å²) in [5.74, 6) is 4.26. The van der Waals surface area contributed by atoms with Crippen molar-refractivity contribution in [2.75, 3.05) is 43.1 Å². The molecule has 4 aromatic carbocycles. The molecule has 5 N–H and O–H groups in total. The number of β-amino-alcohol motifs (C(OH)–C–C–N with tert-alkyl or cyclic N) is 1. The van der Waals surface area contributed by atoms with Crippen molar-refractivity contribution >= 4 is 84.1 Å². The van der Waals surface area contributed by atoms with Gasteiger partial charge in [-0.25, -0.2) is 19.7 Å². The summed E-state index contributed by atoms with van der Waals surface area (Å²) in [4.78, 5) is 85.2. The van der Waals surface area contributed by atoms with E-state index in [-0.39, 0.29) is 62.6 Å². The molecule has 2 aliphatic heterocycles. The lowest BCUT2D eigenvalue weighted by molar-refractivity contribution is -0.144. The van der Waals surface area contributed by atoms with Crippen molar-refractivity contribution in [1.29, 1.82) is 0 Å². The van der Waals surface area contributed by atoms with E-state index in [9.17, 15) is 34.2 Å². The SMILES string of the molecule is Cc1ncsc1-c1ccc(CNC(=O)[C@@H]2C[C@@H](O)CN2C(=O)[C@@H](NC(=O)CCCOCC#Cc2ccc(OCCCc3sc(N4CCc5cccc(C(=O)Nc6nc7ccccc7s6)c5C4)nc3C(=O)O)cc2)C(C)(C)C)cc1. The van der Waals surface area contributed by atoms with E-state index < -0.39 is 35.5 Å². The number of fused-ring (bicyclic) bond motifs is 2. The third-order valence-corrected chi connectivity index (χ3v) is 16.8. The Kier molecular flexibility index (Phi) is 18.1. The minimum absolute atomic E-state index is 0.0122. The Labute approximate surface area is 470 Å². The number of carbonyl (C=O) groups is 5. The first-order valence-electron chi connectivity index (χ1n) is 26.2. The van der Waals surface area contributed by atoms with E-state index in [0.29, 0.717) is 71.8 Å². The number of aromatic carboxylic acids is 1. The Morgan fingerprint density at radius 1 is 0.924 bits per heavy atom. The summed E-state index contributed by atoms with van der Waals surface area (Å²) in [5.41, 5.74) is 8.14. The smallest absolute Gasteiger partial charge is 0.355 e. The normalized spacial score (nSPS) is 15.5. The number of aryl methyl sites for hydroxylation is 2. The third-order valence-electron chi connectivity index (χ3n) is 13.7. The van der Waals surface area contributed by atoms with Gasteiger partial charge in [0.2, 0.25) is 17.7 Å². The Morgan fingerprint density at radius 2 is 1.72 bits per heavy atom. The summed E-state index contributed by atoms with van der Waals surface area (Å²) < 4.78 is 12.7. The van der Waals surface area contributed by atoms with Crippen LogP contribution in [0.5, 0.6) is 5.75 Å². The number of nitrogens with one attached hydrogen (secondary N) is 3. The zero-order valence-corrected chi connectivity index (χ0v) is 46.8. The fraction of sp³-hybridized carbons (Fsp3) is 0.356. The van der Waals surface area contributed by atoms with Gasteiger partial charge in [-0.1, -0.05) is 92.5 Å². The van der Waals surface area contributed by atoms with Crippen LogP contribution in [0.3, 0.4) is 0 Å². The van der Waals surface area contributed by atoms with Crippen LogP contribution < -0.4 is 25.6 Å². The lowest BCUT2D eigenvalue weighted by atomic mass is 9.85. The number of rotatable bonds is 20. The van der Waals surface area contributed by atoms with E-state index in [2.05, 4.69) is 42.7 Å².